The molecule has 0 aromatic carbocycles. The van der Waals surface area contributed by atoms with E-state index in [4.69, 9.17) is 15.9 Å². The normalized spacial score (nSPS) is 13.4. The van der Waals surface area contributed by atoms with Gasteiger partial charge in [0.2, 0.25) is 0 Å². The maximum Gasteiger partial charge on any atom is 1.00 e. The number of nitrogens with two attached hydrogens (primary N) is 1. The lowest BCUT2D eigenvalue weighted by molar-refractivity contribution is -0.139. The highest BCUT2D eigenvalue weighted by Gasteiger charge is 2.06. The van der Waals surface area contributed by atoms with Crippen LogP contribution in [0.1, 0.15) is 1.43 Å². The van der Waals surface area contributed by atoms with Crippen LogP contribution in [0.3, 0.4) is 0 Å². The number of hydrogen-bond donors (Lipinski definition) is 3. The van der Waals surface area contributed by atoms with Gasteiger partial charge in [0.15, 0.2) is 0 Å². The van der Waals surface area contributed by atoms with Gasteiger partial charge < -0.3 is 15.9 Å². The number of carboxylic acid groups (broad SMARTS) is 1. The number of rotatable bonds is 2. The Hall–Kier alpha value is -0.610. The third-order valence-corrected chi connectivity index (χ3v) is 0.514. The molecule has 42 valence electrons. The van der Waals surface area contributed by atoms with Crippen molar-refractivity contribution in [3.05, 3.63) is 0 Å². The van der Waals surface area contributed by atoms with Crippen molar-refractivity contribution in [3.8, 4) is 0 Å². The van der Waals surface area contributed by atoms with E-state index in [1.807, 2.05) is 0 Å². The molecule has 0 fully saturated rings. The first-order valence-electron chi connectivity index (χ1n) is 1.77. The topological polar surface area (TPSA) is 83.5 Å². The quantitative estimate of drug-likeness (QED) is 0.400. The second-order valence-corrected chi connectivity index (χ2v) is 1.13. The van der Waals surface area contributed by atoms with Gasteiger partial charge in [0.25, 0.3) is 0 Å². The first-order valence-corrected chi connectivity index (χ1v) is 1.77. The first-order chi connectivity index (χ1) is 3.18. The predicted octanol–water partition coefficient (Wildman–Crippen LogP) is -1.50. The summed E-state index contributed by atoms with van der Waals surface area (Å²) < 4.78 is 0. The summed E-state index contributed by atoms with van der Waals surface area (Å²) >= 11 is 0. The standard InChI is InChI=1S/C3H7NO3/c4-2(1-5)3(6)7/h2,5H,1,4H2,(H,6,7)/p+1. The van der Waals surface area contributed by atoms with Gasteiger partial charge in [0, 0.05) is 0 Å². The largest absolute Gasteiger partial charge is 1.00 e. The van der Waals surface area contributed by atoms with Gasteiger partial charge in [-0.25, -0.2) is 0 Å². The molecule has 1 atom stereocenters. The lowest BCUT2D eigenvalue weighted by Gasteiger charge is -1.96. The molecule has 4 N–H and O–H groups in total. The van der Waals surface area contributed by atoms with Crippen LogP contribution in [0.25, 0.3) is 0 Å². The summed E-state index contributed by atoms with van der Waals surface area (Å²) in [4.78, 5) is 9.65. The second-order valence-electron chi connectivity index (χ2n) is 1.13. The van der Waals surface area contributed by atoms with Crippen molar-refractivity contribution < 1.29 is 16.4 Å². The van der Waals surface area contributed by atoms with Gasteiger partial charge in [-0.1, -0.05) is 0 Å². The molecule has 0 aliphatic carbocycles. The fraction of sp³-hybridized carbons (Fsp3) is 0.667. The van der Waals surface area contributed by atoms with Gasteiger partial charge in [-0.15, -0.1) is 0 Å². The summed E-state index contributed by atoms with van der Waals surface area (Å²) in [7, 11) is 0. The molecule has 0 bridgehead atoms. The maximum absolute atomic E-state index is 9.65. The van der Waals surface area contributed by atoms with E-state index in [0.29, 0.717) is 0 Å². The lowest BCUT2D eigenvalue weighted by atomic mass is 10.3. The zero-order valence-electron chi connectivity index (χ0n) is 4.66. The highest BCUT2D eigenvalue weighted by molar-refractivity contribution is 5.73. The molecule has 0 aliphatic heterocycles. The van der Waals surface area contributed by atoms with Gasteiger partial charge in [-0.05, 0) is 0 Å². The second kappa shape index (κ2) is 2.54. The molecule has 0 amide bonds. The Balaban J connectivity index is 0. The fourth-order valence-corrected chi connectivity index (χ4v) is 0.0781. The highest BCUT2D eigenvalue weighted by atomic mass is 16.4. The van der Waals surface area contributed by atoms with Gasteiger partial charge in [0.05, 0.1) is 6.61 Å². The highest BCUT2D eigenvalue weighted by Crippen LogP contribution is 1.71. The number of aliphatic hydroxyl groups excluding tert-OH is 1. The van der Waals surface area contributed by atoms with E-state index < -0.39 is 18.6 Å². The Morgan fingerprint density at radius 2 is 2.43 bits per heavy atom. The molecule has 0 aromatic heterocycles. The van der Waals surface area contributed by atoms with Crippen molar-refractivity contribution in [1.82, 2.24) is 0 Å². The first kappa shape index (κ1) is 6.39. The SMILES string of the molecule is NC(CO)C(=O)O.[H+]. The van der Waals surface area contributed by atoms with Crippen molar-refractivity contribution in [3.63, 3.8) is 0 Å². The Morgan fingerprint density at radius 3 is 2.43 bits per heavy atom. The number of carboxylic acids is 1. The van der Waals surface area contributed by atoms with Crippen LogP contribution < -0.4 is 5.73 Å². The van der Waals surface area contributed by atoms with Crippen molar-refractivity contribution >= 4 is 5.97 Å². The van der Waals surface area contributed by atoms with Crippen molar-refractivity contribution in [2.75, 3.05) is 6.61 Å². The summed E-state index contributed by atoms with van der Waals surface area (Å²) in [5.74, 6) is -1.18. The molecule has 1 unspecified atom stereocenters. The fourth-order valence-electron chi connectivity index (χ4n) is 0.0781. The van der Waals surface area contributed by atoms with Crippen LogP contribution in [0.15, 0.2) is 0 Å². The molecule has 4 heteroatoms. The summed E-state index contributed by atoms with van der Waals surface area (Å²) in [6.07, 6.45) is 0. The van der Waals surface area contributed by atoms with Gasteiger partial charge >= 0.3 is 7.40 Å². The van der Waals surface area contributed by atoms with Crippen LogP contribution in [0.2, 0.25) is 0 Å². The van der Waals surface area contributed by atoms with E-state index in [1.165, 1.54) is 0 Å². The van der Waals surface area contributed by atoms with Crippen LogP contribution in [-0.2, 0) is 4.79 Å². The number of carbonyl (C=O) groups is 1. The van der Waals surface area contributed by atoms with Crippen LogP contribution >= 0.6 is 0 Å². The Bertz CT molecular complexity index is 76.9. The van der Waals surface area contributed by atoms with Crippen molar-refractivity contribution in [2.24, 2.45) is 5.73 Å². The Labute approximate surface area is 42.0 Å². The zero-order chi connectivity index (χ0) is 5.86. The van der Waals surface area contributed by atoms with Crippen LogP contribution in [0.5, 0.6) is 0 Å². The lowest BCUT2D eigenvalue weighted by Crippen LogP contribution is -2.33. The minimum Gasteiger partial charge on any atom is -0.480 e. The van der Waals surface area contributed by atoms with E-state index >= 15 is 0 Å². The molecule has 0 aromatic rings. The van der Waals surface area contributed by atoms with E-state index in [1.54, 1.807) is 0 Å². The van der Waals surface area contributed by atoms with Crippen molar-refractivity contribution in [2.45, 2.75) is 6.04 Å². The van der Waals surface area contributed by atoms with Gasteiger partial charge in [-0.2, -0.15) is 0 Å². The van der Waals surface area contributed by atoms with E-state index in [2.05, 4.69) is 0 Å². The summed E-state index contributed by atoms with van der Waals surface area (Å²) in [6.45, 7) is -0.505. The summed E-state index contributed by atoms with van der Waals surface area (Å²) in [6, 6.07) is -1.13. The molecule has 0 aliphatic rings. The molecule has 7 heavy (non-hydrogen) atoms. The number of aliphatic carboxylic acids is 1. The average molecular weight is 106 g/mol. The predicted molar refractivity (Wildman–Crippen MR) is 23.8 cm³/mol. The molecule has 0 saturated heterocycles. The minimum atomic E-state index is -1.18. The van der Waals surface area contributed by atoms with Crippen LogP contribution in [-0.4, -0.2) is 28.8 Å². The third kappa shape index (κ3) is 2.13. The van der Waals surface area contributed by atoms with Crippen LogP contribution in [0, 0.1) is 0 Å². The molecular formula is C3H8NO3+. The van der Waals surface area contributed by atoms with Gasteiger partial charge in [0.1, 0.15) is 6.04 Å². The Morgan fingerprint density at radius 1 is 2.00 bits per heavy atom. The van der Waals surface area contributed by atoms with Crippen molar-refractivity contribution in [1.29, 1.82) is 0 Å². The smallest absolute Gasteiger partial charge is 0.480 e. The molecule has 0 spiro atoms. The maximum atomic E-state index is 9.65. The third-order valence-electron chi connectivity index (χ3n) is 0.514. The van der Waals surface area contributed by atoms with Crippen LogP contribution in [0.4, 0.5) is 0 Å². The van der Waals surface area contributed by atoms with E-state index in [9.17, 15) is 4.79 Å². The van der Waals surface area contributed by atoms with E-state index in [-0.39, 0.29) is 1.43 Å². The zero-order valence-corrected chi connectivity index (χ0v) is 3.66. The van der Waals surface area contributed by atoms with E-state index in [0.717, 1.165) is 0 Å². The molecular weight excluding hydrogens is 98.0 g/mol. The molecule has 0 rings (SSSR count). The average Bonchev–Trinajstić information content (AvgIpc) is 1.65. The number of hydrogen-bond acceptors (Lipinski definition) is 3. The summed E-state index contributed by atoms with van der Waals surface area (Å²) in [5, 5.41) is 15.9. The molecule has 0 heterocycles. The van der Waals surface area contributed by atoms with Gasteiger partial charge in [-0.3, -0.25) is 4.79 Å². The molecule has 0 saturated carbocycles. The summed E-state index contributed by atoms with van der Waals surface area (Å²) in [5.41, 5.74) is 4.77. The molecule has 4 nitrogen and oxygen atoms in total. The molecule has 0 radical (unpaired) electrons. The monoisotopic (exact) mass is 106 g/mol. The minimum absolute atomic E-state index is 0. The number of aliphatic hydroxyl groups is 1. The Kier molecular flexibility index (Phi) is 2.32.